The molecule has 0 saturated heterocycles. The van der Waals surface area contributed by atoms with Crippen molar-refractivity contribution in [1.29, 1.82) is 0 Å². The van der Waals surface area contributed by atoms with Crippen LogP contribution in [0.4, 0.5) is 10.5 Å². The number of aryl methyl sites for hydroxylation is 3. The highest BCUT2D eigenvalue weighted by Crippen LogP contribution is 2.36. The van der Waals surface area contributed by atoms with Crippen LogP contribution in [0, 0.1) is 20.8 Å². The summed E-state index contributed by atoms with van der Waals surface area (Å²) in [4.78, 5) is 54.9. The molecule has 0 fully saturated rings. The number of amides is 4. The van der Waals surface area contributed by atoms with Gasteiger partial charge >= 0.3 is 6.09 Å². The number of nitrogens with zero attached hydrogens (tertiary/aromatic N) is 1. The van der Waals surface area contributed by atoms with E-state index in [9.17, 15) is 19.2 Å². The second-order valence-corrected chi connectivity index (χ2v) is 11.8. The van der Waals surface area contributed by atoms with Gasteiger partial charge in [0.05, 0.1) is 6.42 Å². The van der Waals surface area contributed by atoms with Crippen molar-refractivity contribution in [1.82, 2.24) is 10.2 Å². The zero-order valence-electron chi connectivity index (χ0n) is 25.2. The summed E-state index contributed by atoms with van der Waals surface area (Å²) in [7, 11) is 0. The monoisotopic (exact) mass is 552 g/mol. The van der Waals surface area contributed by atoms with E-state index in [1.165, 1.54) is 4.90 Å². The molecular formula is C31H44N4O5. The SMILES string of the molecule is CCC(C)(C)N(C(=O)C(CC(N)=O)NC(=O)OC(C)(C)C)C(C(=O)Nc1ccccc1C)c1c(C)cccc1C. The minimum atomic E-state index is -1.35. The Kier molecular flexibility index (Phi) is 10.5. The van der Waals surface area contributed by atoms with E-state index in [2.05, 4.69) is 10.6 Å². The number of carbonyl (C=O) groups is 4. The van der Waals surface area contributed by atoms with Gasteiger partial charge in [-0.1, -0.05) is 43.3 Å². The maximum atomic E-state index is 14.4. The summed E-state index contributed by atoms with van der Waals surface area (Å²) in [5.74, 6) is -1.82. The Labute approximate surface area is 237 Å². The van der Waals surface area contributed by atoms with E-state index in [0.717, 1.165) is 16.7 Å². The molecular weight excluding hydrogens is 508 g/mol. The molecule has 0 spiro atoms. The third kappa shape index (κ3) is 8.31. The minimum Gasteiger partial charge on any atom is -0.444 e. The van der Waals surface area contributed by atoms with Gasteiger partial charge in [0.15, 0.2) is 0 Å². The van der Waals surface area contributed by atoms with Crippen LogP contribution in [0.2, 0.25) is 0 Å². The lowest BCUT2D eigenvalue weighted by Crippen LogP contribution is -2.59. The first-order valence-corrected chi connectivity index (χ1v) is 13.5. The molecule has 4 amide bonds. The van der Waals surface area contributed by atoms with E-state index in [0.29, 0.717) is 17.7 Å². The molecule has 0 bridgehead atoms. The van der Waals surface area contributed by atoms with Crippen LogP contribution in [0.15, 0.2) is 42.5 Å². The van der Waals surface area contributed by atoms with Gasteiger partial charge < -0.3 is 26.0 Å². The maximum absolute atomic E-state index is 14.4. The van der Waals surface area contributed by atoms with Crippen molar-refractivity contribution in [3.05, 3.63) is 64.7 Å². The standard InChI is InChI=1S/C31H44N4O5/c1-10-31(8,9)35(28(38)23(18-24(32)36)34-29(39)40-30(5,6)7)26(25-20(3)15-13-16-21(25)4)27(37)33-22-17-12-11-14-19(22)2/h11-17,23,26H,10,18H2,1-9H3,(H2,32,36)(H,33,37)(H,34,39). The molecule has 4 N–H and O–H groups in total. The molecule has 2 unspecified atom stereocenters. The van der Waals surface area contributed by atoms with Crippen molar-refractivity contribution >= 4 is 29.5 Å². The number of carbonyl (C=O) groups excluding carboxylic acids is 4. The quantitative estimate of drug-likeness (QED) is 0.378. The molecule has 2 rings (SSSR count). The van der Waals surface area contributed by atoms with E-state index in [4.69, 9.17) is 10.5 Å². The predicted octanol–water partition coefficient (Wildman–Crippen LogP) is 5.08. The molecule has 0 aromatic heterocycles. The highest BCUT2D eigenvalue weighted by Gasteiger charge is 2.44. The van der Waals surface area contributed by atoms with Gasteiger partial charge in [0.25, 0.3) is 5.91 Å². The summed E-state index contributed by atoms with van der Waals surface area (Å²) in [6, 6.07) is 10.6. The molecule has 0 radical (unpaired) electrons. The van der Waals surface area contributed by atoms with Gasteiger partial charge in [-0.3, -0.25) is 14.4 Å². The lowest BCUT2D eigenvalue weighted by Gasteiger charge is -2.45. The third-order valence-electron chi connectivity index (χ3n) is 6.87. The molecule has 0 aliphatic rings. The molecule has 2 atom stereocenters. The summed E-state index contributed by atoms with van der Waals surface area (Å²) in [6.07, 6.45) is -0.852. The number of rotatable bonds is 10. The molecule has 218 valence electrons. The number of hydrogen-bond donors (Lipinski definition) is 3. The first-order valence-electron chi connectivity index (χ1n) is 13.5. The van der Waals surface area contributed by atoms with Crippen molar-refractivity contribution in [3.63, 3.8) is 0 Å². The normalized spacial score (nSPS) is 13.1. The van der Waals surface area contributed by atoms with Crippen molar-refractivity contribution in [2.24, 2.45) is 5.73 Å². The van der Waals surface area contributed by atoms with Crippen LogP contribution in [-0.2, 0) is 19.1 Å². The number of hydrogen-bond acceptors (Lipinski definition) is 5. The number of para-hydroxylation sites is 1. The van der Waals surface area contributed by atoms with Gasteiger partial charge in [-0.05, 0) is 90.1 Å². The minimum absolute atomic E-state index is 0.420. The first kappa shape index (κ1) is 32.3. The van der Waals surface area contributed by atoms with E-state index < -0.39 is 53.5 Å². The van der Waals surface area contributed by atoms with Crippen LogP contribution >= 0.6 is 0 Å². The average molecular weight is 553 g/mol. The average Bonchev–Trinajstić information content (AvgIpc) is 2.82. The molecule has 9 heteroatoms. The number of benzene rings is 2. The molecule has 2 aromatic rings. The summed E-state index contributed by atoms with van der Waals surface area (Å²) in [5, 5.41) is 5.54. The summed E-state index contributed by atoms with van der Waals surface area (Å²) in [6.45, 7) is 16.3. The largest absolute Gasteiger partial charge is 0.444 e. The van der Waals surface area contributed by atoms with Crippen LogP contribution in [0.25, 0.3) is 0 Å². The smallest absolute Gasteiger partial charge is 0.408 e. The molecule has 0 aliphatic carbocycles. The van der Waals surface area contributed by atoms with Crippen LogP contribution in [-0.4, -0.2) is 45.9 Å². The Morgan fingerprint density at radius 2 is 1.45 bits per heavy atom. The van der Waals surface area contributed by atoms with Crippen molar-refractivity contribution < 1.29 is 23.9 Å². The van der Waals surface area contributed by atoms with Gasteiger partial charge in [0.1, 0.15) is 17.7 Å². The summed E-state index contributed by atoms with van der Waals surface area (Å²) < 4.78 is 5.36. The Bertz CT molecular complexity index is 1230. The highest BCUT2D eigenvalue weighted by molar-refractivity contribution is 6.00. The van der Waals surface area contributed by atoms with E-state index in [1.807, 2.05) is 77.9 Å². The number of ether oxygens (including phenoxy) is 1. The van der Waals surface area contributed by atoms with Gasteiger partial charge in [-0.2, -0.15) is 0 Å². The van der Waals surface area contributed by atoms with Crippen LogP contribution in [0.5, 0.6) is 0 Å². The van der Waals surface area contributed by atoms with E-state index in [1.54, 1.807) is 26.8 Å². The fraction of sp³-hybridized carbons (Fsp3) is 0.484. The maximum Gasteiger partial charge on any atom is 0.408 e. The zero-order valence-corrected chi connectivity index (χ0v) is 25.2. The van der Waals surface area contributed by atoms with Crippen molar-refractivity contribution in [2.45, 2.75) is 98.4 Å². The Morgan fingerprint density at radius 1 is 0.900 bits per heavy atom. The molecule has 0 saturated carbocycles. The lowest BCUT2D eigenvalue weighted by atomic mass is 9.88. The Balaban J connectivity index is 2.73. The molecule has 9 nitrogen and oxygen atoms in total. The number of alkyl carbamates (subject to hydrolysis) is 1. The number of nitrogens with one attached hydrogen (secondary N) is 2. The van der Waals surface area contributed by atoms with Crippen LogP contribution < -0.4 is 16.4 Å². The van der Waals surface area contributed by atoms with E-state index >= 15 is 0 Å². The molecule has 0 aliphatic heterocycles. The zero-order chi connectivity index (χ0) is 30.4. The van der Waals surface area contributed by atoms with Gasteiger partial charge in [0, 0.05) is 11.2 Å². The predicted molar refractivity (Wildman–Crippen MR) is 157 cm³/mol. The Hall–Kier alpha value is -3.88. The third-order valence-corrected chi connectivity index (χ3v) is 6.87. The van der Waals surface area contributed by atoms with E-state index in [-0.39, 0.29) is 0 Å². The number of nitrogens with two attached hydrogens (primary N) is 1. The summed E-state index contributed by atoms with van der Waals surface area (Å²) in [5.41, 5.74) is 7.59. The fourth-order valence-electron chi connectivity index (χ4n) is 4.51. The lowest BCUT2D eigenvalue weighted by molar-refractivity contribution is -0.148. The highest BCUT2D eigenvalue weighted by atomic mass is 16.6. The fourth-order valence-corrected chi connectivity index (χ4v) is 4.51. The van der Waals surface area contributed by atoms with Gasteiger partial charge in [0.2, 0.25) is 11.8 Å². The van der Waals surface area contributed by atoms with Crippen LogP contribution in [0.3, 0.4) is 0 Å². The topological polar surface area (TPSA) is 131 Å². The molecule has 2 aromatic carbocycles. The Morgan fingerprint density at radius 3 is 1.95 bits per heavy atom. The molecule has 0 heterocycles. The van der Waals surface area contributed by atoms with Gasteiger partial charge in [-0.15, -0.1) is 0 Å². The molecule has 40 heavy (non-hydrogen) atoms. The second-order valence-electron chi connectivity index (χ2n) is 11.8. The first-order chi connectivity index (χ1) is 18.5. The van der Waals surface area contributed by atoms with Crippen molar-refractivity contribution in [2.75, 3.05) is 5.32 Å². The van der Waals surface area contributed by atoms with Crippen LogP contribution in [0.1, 0.15) is 82.7 Å². The van der Waals surface area contributed by atoms with Gasteiger partial charge in [-0.25, -0.2) is 4.79 Å². The number of primary amides is 1. The number of anilines is 1. The second kappa shape index (κ2) is 13.0. The summed E-state index contributed by atoms with van der Waals surface area (Å²) >= 11 is 0. The van der Waals surface area contributed by atoms with Crippen molar-refractivity contribution in [3.8, 4) is 0 Å².